The first kappa shape index (κ1) is 19.7. The maximum atomic E-state index is 12.6. The normalized spacial score (nSPS) is 14.7. The molecular weight excluding hydrogens is 373 g/mol. The predicted octanol–water partition coefficient (Wildman–Crippen LogP) is 4.48. The summed E-state index contributed by atoms with van der Waals surface area (Å²) in [5, 5.41) is 2.63. The van der Waals surface area contributed by atoms with Crippen molar-refractivity contribution in [3.05, 3.63) is 53.6 Å². The van der Waals surface area contributed by atoms with Gasteiger partial charge in [-0.25, -0.2) is 0 Å². The zero-order chi connectivity index (χ0) is 20.3. The van der Waals surface area contributed by atoms with E-state index in [1.165, 1.54) is 7.11 Å². The van der Waals surface area contributed by atoms with E-state index in [0.29, 0.717) is 30.1 Å². The number of amides is 2. The van der Waals surface area contributed by atoms with Crippen LogP contribution in [0.1, 0.15) is 35.2 Å². The highest BCUT2D eigenvalue weighted by Crippen LogP contribution is 2.34. The number of methoxy groups -OCH3 is 1. The number of nitrogens with zero attached hydrogens (tertiary/aromatic N) is 1. The molecule has 1 fully saturated rings. The molecule has 0 atom stereocenters. The number of hydrogen-bond donors (Lipinski definition) is 1. The molecule has 1 aliphatic rings. The molecule has 0 spiro atoms. The summed E-state index contributed by atoms with van der Waals surface area (Å²) in [5.41, 5.74) is 0.318. The number of rotatable bonds is 4. The van der Waals surface area contributed by atoms with Crippen molar-refractivity contribution < 1.29 is 27.5 Å². The molecule has 8 heteroatoms. The first-order chi connectivity index (χ1) is 13.3. The molecule has 0 bridgehead atoms. The van der Waals surface area contributed by atoms with Gasteiger partial charge in [-0.05, 0) is 49.2 Å². The Kier molecular flexibility index (Phi) is 5.58. The van der Waals surface area contributed by atoms with E-state index in [1.54, 1.807) is 23.1 Å². The molecule has 2 aromatic rings. The summed E-state index contributed by atoms with van der Waals surface area (Å²) < 4.78 is 43.2. The summed E-state index contributed by atoms with van der Waals surface area (Å²) >= 11 is 0. The highest BCUT2D eigenvalue weighted by atomic mass is 19.4. The summed E-state index contributed by atoms with van der Waals surface area (Å²) in [6, 6.07) is 8.86. The summed E-state index contributed by atoms with van der Waals surface area (Å²) in [6.07, 6.45) is -2.21. The van der Waals surface area contributed by atoms with Gasteiger partial charge in [-0.3, -0.25) is 9.59 Å². The molecule has 0 saturated carbocycles. The van der Waals surface area contributed by atoms with Crippen molar-refractivity contribution in [2.45, 2.75) is 25.4 Å². The second-order valence-electron chi connectivity index (χ2n) is 6.42. The Morgan fingerprint density at radius 2 is 1.82 bits per heavy atom. The molecule has 0 aromatic heterocycles. The molecule has 148 valence electrons. The number of benzene rings is 2. The van der Waals surface area contributed by atoms with E-state index in [-0.39, 0.29) is 11.5 Å². The zero-order valence-electron chi connectivity index (χ0n) is 15.2. The van der Waals surface area contributed by atoms with E-state index >= 15 is 0 Å². The molecule has 1 saturated heterocycles. The molecular formula is C20H19F3N2O3. The van der Waals surface area contributed by atoms with Gasteiger partial charge < -0.3 is 15.0 Å². The maximum Gasteiger partial charge on any atom is 0.416 e. The number of carbonyl (C=O) groups excluding carboxylic acids is 2. The number of anilines is 2. The van der Waals surface area contributed by atoms with Crippen LogP contribution in [0.3, 0.4) is 0 Å². The van der Waals surface area contributed by atoms with Crippen LogP contribution in [0.5, 0.6) is 5.75 Å². The van der Waals surface area contributed by atoms with Crippen molar-refractivity contribution in [2.75, 3.05) is 23.9 Å². The lowest BCUT2D eigenvalue weighted by atomic mass is 10.1. The van der Waals surface area contributed by atoms with Crippen molar-refractivity contribution >= 4 is 23.2 Å². The molecule has 1 N–H and O–H groups in total. The average molecular weight is 392 g/mol. The average Bonchev–Trinajstić information content (AvgIpc) is 2.68. The molecule has 28 heavy (non-hydrogen) atoms. The van der Waals surface area contributed by atoms with Gasteiger partial charge in [-0.2, -0.15) is 13.2 Å². The first-order valence-corrected chi connectivity index (χ1v) is 8.76. The molecule has 1 aliphatic heterocycles. The fourth-order valence-electron chi connectivity index (χ4n) is 3.05. The Bertz CT molecular complexity index is 879. The number of alkyl halides is 3. The van der Waals surface area contributed by atoms with Gasteiger partial charge in [0.05, 0.1) is 18.4 Å². The fourth-order valence-corrected chi connectivity index (χ4v) is 3.05. The van der Waals surface area contributed by atoms with E-state index in [0.717, 1.165) is 37.1 Å². The molecule has 0 aliphatic carbocycles. The molecule has 0 radical (unpaired) electrons. The summed E-state index contributed by atoms with van der Waals surface area (Å²) in [4.78, 5) is 26.1. The van der Waals surface area contributed by atoms with Crippen LogP contribution in [0.4, 0.5) is 24.5 Å². The van der Waals surface area contributed by atoms with E-state index in [2.05, 4.69) is 5.32 Å². The minimum absolute atomic E-state index is 0.0195. The third-order valence-electron chi connectivity index (χ3n) is 4.53. The van der Waals surface area contributed by atoms with Crippen LogP contribution in [-0.2, 0) is 11.0 Å². The third kappa shape index (κ3) is 4.27. The lowest BCUT2D eigenvalue weighted by molar-refractivity contribution is -0.137. The highest BCUT2D eigenvalue weighted by molar-refractivity contribution is 6.04. The topological polar surface area (TPSA) is 58.6 Å². The van der Waals surface area contributed by atoms with Gasteiger partial charge in [-0.1, -0.05) is 0 Å². The minimum Gasteiger partial charge on any atom is -0.494 e. The number of piperidine rings is 1. The van der Waals surface area contributed by atoms with Crippen LogP contribution in [0.25, 0.3) is 0 Å². The largest absolute Gasteiger partial charge is 0.494 e. The molecule has 5 nitrogen and oxygen atoms in total. The number of carbonyl (C=O) groups is 2. The second-order valence-corrected chi connectivity index (χ2v) is 6.42. The SMILES string of the molecule is COc1cc(NC(=O)c2ccc(C(F)(F)F)cc2)ccc1N1CCCCC1=O. The van der Waals surface area contributed by atoms with Crippen molar-refractivity contribution in [1.82, 2.24) is 0 Å². The van der Waals surface area contributed by atoms with Crippen LogP contribution in [0.2, 0.25) is 0 Å². The highest BCUT2D eigenvalue weighted by Gasteiger charge is 2.30. The van der Waals surface area contributed by atoms with Crippen molar-refractivity contribution in [3.63, 3.8) is 0 Å². The van der Waals surface area contributed by atoms with Crippen LogP contribution in [0.15, 0.2) is 42.5 Å². The second kappa shape index (κ2) is 7.92. The van der Waals surface area contributed by atoms with Gasteiger partial charge >= 0.3 is 6.18 Å². The van der Waals surface area contributed by atoms with Crippen molar-refractivity contribution in [1.29, 1.82) is 0 Å². The monoisotopic (exact) mass is 392 g/mol. The molecule has 2 amide bonds. The summed E-state index contributed by atoms with van der Waals surface area (Å²) in [5.74, 6) is -0.0934. The van der Waals surface area contributed by atoms with Crippen molar-refractivity contribution in [2.24, 2.45) is 0 Å². The number of halogens is 3. The van der Waals surface area contributed by atoms with E-state index in [4.69, 9.17) is 4.74 Å². The zero-order valence-corrected chi connectivity index (χ0v) is 15.2. The Morgan fingerprint density at radius 3 is 2.43 bits per heavy atom. The summed E-state index contributed by atoms with van der Waals surface area (Å²) in [7, 11) is 1.47. The van der Waals surface area contributed by atoms with Gasteiger partial charge in [0.25, 0.3) is 5.91 Å². The number of ether oxygens (including phenoxy) is 1. The van der Waals surface area contributed by atoms with Gasteiger partial charge in [0.2, 0.25) is 5.91 Å². The van der Waals surface area contributed by atoms with Gasteiger partial charge in [0, 0.05) is 30.3 Å². The van der Waals surface area contributed by atoms with Crippen LogP contribution < -0.4 is 15.0 Å². The standard InChI is InChI=1S/C20H19F3N2O3/c1-28-17-12-15(9-10-16(17)25-11-3-2-4-18(25)26)24-19(27)13-5-7-14(8-6-13)20(21,22)23/h5-10,12H,2-4,11H2,1H3,(H,24,27). The van der Waals surface area contributed by atoms with Crippen molar-refractivity contribution in [3.8, 4) is 5.75 Å². The van der Waals surface area contributed by atoms with E-state index in [9.17, 15) is 22.8 Å². The van der Waals surface area contributed by atoms with E-state index in [1.807, 2.05) is 0 Å². The molecule has 1 heterocycles. The Labute approximate surface area is 160 Å². The van der Waals surface area contributed by atoms with Crippen LogP contribution in [0, 0.1) is 0 Å². The smallest absolute Gasteiger partial charge is 0.416 e. The lowest BCUT2D eigenvalue weighted by Gasteiger charge is -2.28. The minimum atomic E-state index is -4.45. The van der Waals surface area contributed by atoms with Gasteiger partial charge in [0.1, 0.15) is 5.75 Å². The predicted molar refractivity (Wildman–Crippen MR) is 98.6 cm³/mol. The Morgan fingerprint density at radius 1 is 1.11 bits per heavy atom. The van der Waals surface area contributed by atoms with Gasteiger partial charge in [-0.15, -0.1) is 0 Å². The Hall–Kier alpha value is -3.03. The molecule has 2 aromatic carbocycles. The maximum absolute atomic E-state index is 12.6. The fraction of sp³-hybridized carbons (Fsp3) is 0.300. The van der Waals surface area contributed by atoms with Gasteiger partial charge in [0.15, 0.2) is 0 Å². The molecule has 0 unspecified atom stereocenters. The number of nitrogens with one attached hydrogen (secondary N) is 1. The molecule has 3 rings (SSSR count). The van der Waals surface area contributed by atoms with Crippen LogP contribution >= 0.6 is 0 Å². The number of hydrogen-bond acceptors (Lipinski definition) is 3. The third-order valence-corrected chi connectivity index (χ3v) is 4.53. The Balaban J connectivity index is 1.77. The lowest BCUT2D eigenvalue weighted by Crippen LogP contribution is -2.35. The first-order valence-electron chi connectivity index (χ1n) is 8.76. The van der Waals surface area contributed by atoms with E-state index < -0.39 is 17.6 Å². The quantitative estimate of drug-likeness (QED) is 0.835. The summed E-state index contributed by atoms with van der Waals surface area (Å²) in [6.45, 7) is 0.604. The van der Waals surface area contributed by atoms with Crippen LogP contribution in [-0.4, -0.2) is 25.5 Å².